The highest BCUT2D eigenvalue weighted by molar-refractivity contribution is 6.28. The van der Waals surface area contributed by atoms with Crippen LogP contribution in [0.1, 0.15) is 32.7 Å². The molecule has 3 heterocycles. The minimum Gasteiger partial charge on any atom is -0.365 e. The van der Waals surface area contributed by atoms with Crippen LogP contribution in [0.2, 0.25) is 5.28 Å². The third kappa shape index (κ3) is 2.58. The highest BCUT2D eigenvalue weighted by atomic mass is 35.5. The molecule has 0 radical (unpaired) electrons. The first-order valence-electron chi connectivity index (χ1n) is 7.02. The standard InChI is InChI=1S/C13H19ClN6/c1-8(2)20-7-16-10-11(18-13(14)19-12(10)20)17-9-3-5-15-6-4-9/h7-9,15H,3-6H2,1-2H3,(H,17,18,19). The van der Waals surface area contributed by atoms with Crippen molar-refractivity contribution in [2.75, 3.05) is 18.4 Å². The van der Waals surface area contributed by atoms with Crippen LogP contribution in [0.3, 0.4) is 0 Å². The molecular weight excluding hydrogens is 276 g/mol. The van der Waals surface area contributed by atoms with Gasteiger partial charge in [0.15, 0.2) is 17.0 Å². The minimum atomic E-state index is 0.260. The van der Waals surface area contributed by atoms with Crippen molar-refractivity contribution in [3.05, 3.63) is 11.6 Å². The molecule has 0 aliphatic carbocycles. The highest BCUT2D eigenvalue weighted by Crippen LogP contribution is 2.24. The van der Waals surface area contributed by atoms with E-state index in [4.69, 9.17) is 11.6 Å². The first-order valence-corrected chi connectivity index (χ1v) is 7.40. The number of nitrogens with zero attached hydrogens (tertiary/aromatic N) is 4. The SMILES string of the molecule is CC(C)n1cnc2c(NC3CCNCC3)nc(Cl)nc21. The summed E-state index contributed by atoms with van der Waals surface area (Å²) in [6.07, 6.45) is 3.95. The molecule has 20 heavy (non-hydrogen) atoms. The maximum Gasteiger partial charge on any atom is 0.226 e. The number of aromatic nitrogens is 4. The van der Waals surface area contributed by atoms with Crippen molar-refractivity contribution in [2.45, 2.75) is 38.8 Å². The molecule has 0 bridgehead atoms. The number of piperidine rings is 1. The van der Waals surface area contributed by atoms with E-state index in [0.29, 0.717) is 6.04 Å². The Morgan fingerprint density at radius 3 is 2.80 bits per heavy atom. The Bertz CT molecular complexity index is 602. The average molecular weight is 295 g/mol. The first kappa shape index (κ1) is 13.6. The lowest BCUT2D eigenvalue weighted by Gasteiger charge is -2.24. The number of imidazole rings is 1. The van der Waals surface area contributed by atoms with Crippen LogP contribution >= 0.6 is 11.6 Å². The molecule has 2 aromatic heterocycles. The fourth-order valence-corrected chi connectivity index (χ4v) is 2.69. The van der Waals surface area contributed by atoms with Crippen LogP contribution in [0, 0.1) is 0 Å². The van der Waals surface area contributed by atoms with Gasteiger partial charge in [-0.2, -0.15) is 9.97 Å². The zero-order chi connectivity index (χ0) is 14.1. The third-order valence-electron chi connectivity index (χ3n) is 3.63. The summed E-state index contributed by atoms with van der Waals surface area (Å²) in [7, 11) is 0. The molecule has 1 fully saturated rings. The zero-order valence-electron chi connectivity index (χ0n) is 11.7. The summed E-state index contributed by atoms with van der Waals surface area (Å²) in [4.78, 5) is 13.1. The molecule has 1 aliphatic heterocycles. The largest absolute Gasteiger partial charge is 0.365 e. The van der Waals surface area contributed by atoms with Gasteiger partial charge >= 0.3 is 0 Å². The molecule has 6 nitrogen and oxygen atoms in total. The number of hydrogen-bond acceptors (Lipinski definition) is 5. The zero-order valence-corrected chi connectivity index (χ0v) is 12.5. The van der Waals surface area contributed by atoms with Crippen LogP contribution in [0.15, 0.2) is 6.33 Å². The molecule has 1 saturated heterocycles. The molecule has 2 aromatic rings. The molecule has 0 atom stereocenters. The van der Waals surface area contributed by atoms with Gasteiger partial charge in [0.05, 0.1) is 6.33 Å². The van der Waals surface area contributed by atoms with Crippen LogP contribution < -0.4 is 10.6 Å². The Labute approximate surface area is 123 Å². The van der Waals surface area contributed by atoms with E-state index >= 15 is 0 Å². The minimum absolute atomic E-state index is 0.260. The topological polar surface area (TPSA) is 67.7 Å². The molecule has 0 unspecified atom stereocenters. The number of hydrogen-bond donors (Lipinski definition) is 2. The van der Waals surface area contributed by atoms with E-state index in [0.717, 1.165) is 42.9 Å². The van der Waals surface area contributed by atoms with Crippen molar-refractivity contribution in [3.63, 3.8) is 0 Å². The second kappa shape index (κ2) is 5.54. The van der Waals surface area contributed by atoms with Gasteiger partial charge in [-0.3, -0.25) is 0 Å². The molecule has 7 heteroatoms. The lowest BCUT2D eigenvalue weighted by Crippen LogP contribution is -2.35. The summed E-state index contributed by atoms with van der Waals surface area (Å²) in [5.41, 5.74) is 1.58. The molecule has 3 rings (SSSR count). The van der Waals surface area contributed by atoms with Crippen LogP contribution in [-0.2, 0) is 0 Å². The predicted molar refractivity (Wildman–Crippen MR) is 80.2 cm³/mol. The number of fused-ring (bicyclic) bond motifs is 1. The van der Waals surface area contributed by atoms with Crippen molar-refractivity contribution in [1.82, 2.24) is 24.8 Å². The predicted octanol–water partition coefficient (Wildman–Crippen LogP) is 2.22. The van der Waals surface area contributed by atoms with Crippen molar-refractivity contribution in [1.29, 1.82) is 0 Å². The number of anilines is 1. The summed E-state index contributed by atoms with van der Waals surface area (Å²) in [6, 6.07) is 0.701. The van der Waals surface area contributed by atoms with E-state index < -0.39 is 0 Å². The van der Waals surface area contributed by atoms with E-state index in [-0.39, 0.29) is 11.3 Å². The lowest BCUT2D eigenvalue weighted by atomic mass is 10.1. The molecule has 0 spiro atoms. The van der Waals surface area contributed by atoms with E-state index in [1.165, 1.54) is 0 Å². The van der Waals surface area contributed by atoms with Gasteiger partial charge in [-0.05, 0) is 51.4 Å². The van der Waals surface area contributed by atoms with Gasteiger partial charge in [-0.25, -0.2) is 4.98 Å². The van der Waals surface area contributed by atoms with Crippen molar-refractivity contribution < 1.29 is 0 Å². The van der Waals surface area contributed by atoms with Gasteiger partial charge in [0, 0.05) is 12.1 Å². The maximum absolute atomic E-state index is 6.06. The van der Waals surface area contributed by atoms with Crippen molar-refractivity contribution >= 4 is 28.6 Å². The van der Waals surface area contributed by atoms with Gasteiger partial charge in [0.2, 0.25) is 5.28 Å². The second-order valence-corrected chi connectivity index (χ2v) is 5.77. The van der Waals surface area contributed by atoms with Crippen molar-refractivity contribution in [3.8, 4) is 0 Å². The van der Waals surface area contributed by atoms with E-state index in [1.54, 1.807) is 6.33 Å². The number of nitrogens with one attached hydrogen (secondary N) is 2. The van der Waals surface area contributed by atoms with Crippen LogP contribution in [0.25, 0.3) is 11.2 Å². The van der Waals surface area contributed by atoms with Crippen LogP contribution in [0.5, 0.6) is 0 Å². The number of halogens is 1. The van der Waals surface area contributed by atoms with Gasteiger partial charge in [0.1, 0.15) is 0 Å². The Kier molecular flexibility index (Phi) is 3.76. The molecule has 2 N–H and O–H groups in total. The summed E-state index contributed by atoms with van der Waals surface area (Å²) < 4.78 is 2.01. The van der Waals surface area contributed by atoms with Gasteiger partial charge in [-0.15, -0.1) is 0 Å². The van der Waals surface area contributed by atoms with E-state index in [9.17, 15) is 0 Å². The fourth-order valence-electron chi connectivity index (χ4n) is 2.53. The van der Waals surface area contributed by atoms with Gasteiger partial charge in [0.25, 0.3) is 0 Å². The number of rotatable bonds is 3. The lowest BCUT2D eigenvalue weighted by molar-refractivity contribution is 0.478. The normalized spacial score (nSPS) is 17.0. The monoisotopic (exact) mass is 294 g/mol. The van der Waals surface area contributed by atoms with Gasteiger partial charge in [-0.1, -0.05) is 0 Å². The average Bonchev–Trinajstić information content (AvgIpc) is 2.83. The smallest absolute Gasteiger partial charge is 0.226 e. The van der Waals surface area contributed by atoms with E-state index in [1.807, 2.05) is 4.57 Å². The summed E-state index contributed by atoms with van der Waals surface area (Å²) in [5, 5.41) is 7.08. The molecule has 0 amide bonds. The summed E-state index contributed by atoms with van der Waals surface area (Å²) in [6.45, 7) is 6.24. The molecule has 0 aromatic carbocycles. The summed E-state index contributed by atoms with van der Waals surface area (Å²) >= 11 is 6.06. The van der Waals surface area contributed by atoms with Crippen LogP contribution in [0.4, 0.5) is 5.82 Å². The van der Waals surface area contributed by atoms with Gasteiger partial charge < -0.3 is 15.2 Å². The molecule has 1 aliphatic rings. The molecule has 108 valence electrons. The quantitative estimate of drug-likeness (QED) is 0.850. The maximum atomic E-state index is 6.06. The van der Waals surface area contributed by atoms with E-state index in [2.05, 4.69) is 39.4 Å². The van der Waals surface area contributed by atoms with Crippen LogP contribution in [-0.4, -0.2) is 38.7 Å². The third-order valence-corrected chi connectivity index (χ3v) is 3.80. The Morgan fingerprint density at radius 2 is 2.10 bits per heavy atom. The summed E-state index contributed by atoms with van der Waals surface area (Å²) in [5.74, 6) is 0.742. The second-order valence-electron chi connectivity index (χ2n) is 5.43. The Balaban J connectivity index is 1.97. The molecular formula is C13H19ClN6. The Morgan fingerprint density at radius 1 is 1.35 bits per heavy atom. The Hall–Kier alpha value is -1.40. The highest BCUT2D eigenvalue weighted by Gasteiger charge is 2.18. The fraction of sp³-hybridized carbons (Fsp3) is 0.615. The van der Waals surface area contributed by atoms with Crippen molar-refractivity contribution in [2.24, 2.45) is 0 Å². The first-order chi connectivity index (χ1) is 9.65. The molecule has 0 saturated carbocycles.